The highest BCUT2D eigenvalue weighted by Crippen LogP contribution is 2.36. The summed E-state index contributed by atoms with van der Waals surface area (Å²) >= 11 is 7.52. The Hall–Kier alpha value is -1.22. The average molecular weight is 331 g/mol. The molecule has 1 aromatic heterocycles. The Labute approximate surface area is 131 Å². The van der Waals surface area contributed by atoms with E-state index in [1.165, 1.54) is 11.3 Å². The van der Waals surface area contributed by atoms with Crippen molar-refractivity contribution in [3.63, 3.8) is 0 Å². The Kier molecular flexibility index (Phi) is 5.51. The lowest BCUT2D eigenvalue weighted by Crippen LogP contribution is -2.16. The summed E-state index contributed by atoms with van der Waals surface area (Å²) in [7, 11) is 1.60. The molecule has 0 saturated carbocycles. The van der Waals surface area contributed by atoms with Crippen LogP contribution in [0.2, 0.25) is 5.02 Å². The minimum atomic E-state index is -0.294. The fourth-order valence-corrected chi connectivity index (χ4v) is 3.08. The van der Waals surface area contributed by atoms with Crippen molar-refractivity contribution in [3.8, 4) is 16.3 Å². The number of rotatable bonds is 6. The van der Waals surface area contributed by atoms with E-state index in [9.17, 15) is 0 Å². The smallest absolute Gasteiger partial charge is 0.129 e. The van der Waals surface area contributed by atoms with Gasteiger partial charge in [-0.15, -0.1) is 11.3 Å². The number of nitrogens with zero attached hydrogens (tertiary/aromatic N) is 2. The predicted molar refractivity (Wildman–Crippen MR) is 78.9 cm³/mol. The summed E-state index contributed by atoms with van der Waals surface area (Å²) in [4.78, 5) is 10.1. The summed E-state index contributed by atoms with van der Waals surface area (Å²) < 4.78 is 5.33. The molecule has 21 heavy (non-hydrogen) atoms. The summed E-state index contributed by atoms with van der Waals surface area (Å²) in [5.74, 6) is 0.702. The van der Waals surface area contributed by atoms with Gasteiger partial charge in [0.25, 0.3) is 0 Å². The van der Waals surface area contributed by atoms with Crippen LogP contribution in [0.15, 0.2) is 18.2 Å². The Bertz CT molecular complexity index is 618. The van der Waals surface area contributed by atoms with E-state index >= 15 is 0 Å². The molecular weight excluding hydrogens is 316 g/mol. The summed E-state index contributed by atoms with van der Waals surface area (Å²) in [6, 6.07) is 5.37. The van der Waals surface area contributed by atoms with Gasteiger partial charge in [0.15, 0.2) is 0 Å². The van der Waals surface area contributed by atoms with E-state index < -0.39 is 0 Å². The molecule has 0 fully saturated rings. The lowest BCUT2D eigenvalue weighted by molar-refractivity contribution is -0.492. The van der Waals surface area contributed by atoms with E-state index in [0.717, 1.165) is 21.1 Å². The first-order valence-electron chi connectivity index (χ1n) is 6.12. The van der Waals surface area contributed by atoms with Gasteiger partial charge in [-0.2, -0.15) is 0 Å². The number of hydrogen-bond donors (Lipinski definition) is 2. The number of thiazole rings is 1. The Morgan fingerprint density at radius 2 is 2.14 bits per heavy atom. The highest BCUT2D eigenvalue weighted by Gasteiger charge is 2.14. The molecule has 0 saturated heterocycles. The van der Waals surface area contributed by atoms with Crippen molar-refractivity contribution in [2.75, 3.05) is 13.7 Å². The molecule has 0 atom stereocenters. The minimum absolute atomic E-state index is 0.141. The zero-order chi connectivity index (χ0) is 15.4. The Balaban J connectivity index is 2.24. The first-order valence-corrected chi connectivity index (χ1v) is 7.31. The number of aryl methyl sites for hydroxylation is 1. The fraction of sp³-hybridized carbons (Fsp3) is 0.308. The monoisotopic (exact) mass is 330 g/mol. The zero-order valence-electron chi connectivity index (χ0n) is 11.5. The molecule has 0 unspecified atom stereocenters. The molecule has 1 aromatic carbocycles. The molecule has 0 aliphatic rings. The molecular formula is C13H15ClN2O4S. The van der Waals surface area contributed by atoms with Crippen LogP contribution in [-0.2, 0) is 11.3 Å². The second kappa shape index (κ2) is 7.17. The number of benzene rings is 1. The van der Waals surface area contributed by atoms with Crippen molar-refractivity contribution < 1.29 is 20.0 Å². The van der Waals surface area contributed by atoms with E-state index in [1.807, 2.05) is 13.0 Å². The van der Waals surface area contributed by atoms with Crippen LogP contribution in [0.1, 0.15) is 10.6 Å². The van der Waals surface area contributed by atoms with Gasteiger partial charge >= 0.3 is 0 Å². The lowest BCUT2D eigenvalue weighted by Gasteiger charge is -2.06. The Morgan fingerprint density at radius 1 is 1.38 bits per heavy atom. The molecule has 2 rings (SSSR count). The Morgan fingerprint density at radius 3 is 2.81 bits per heavy atom. The number of aromatic nitrogens is 1. The molecule has 8 heteroatoms. The molecule has 0 bridgehead atoms. The maximum atomic E-state index is 8.50. The second-order valence-corrected chi connectivity index (χ2v) is 5.73. The van der Waals surface area contributed by atoms with Crippen LogP contribution >= 0.6 is 22.9 Å². The molecule has 0 radical (unpaired) electrons. The lowest BCUT2D eigenvalue weighted by atomic mass is 10.2. The zero-order valence-corrected chi connectivity index (χ0v) is 13.1. The molecule has 114 valence electrons. The van der Waals surface area contributed by atoms with Gasteiger partial charge in [0.05, 0.1) is 30.4 Å². The standard InChI is InChI=1S/C13H15ClN2O4S/c1-8-12(5-6-20-16(17)18)21-13(15-8)10-7-9(14)3-4-11(10)19-2/h3-4,7,17-18H,5-6H2,1-2H3. The van der Waals surface area contributed by atoms with Crippen LogP contribution in [0.25, 0.3) is 10.6 Å². The summed E-state index contributed by atoms with van der Waals surface area (Å²) in [5.41, 5.74) is 1.69. The molecule has 0 aliphatic carbocycles. The first-order chi connectivity index (χ1) is 10.0. The normalized spacial score (nSPS) is 11.1. The van der Waals surface area contributed by atoms with Crippen molar-refractivity contribution >= 4 is 22.9 Å². The highest BCUT2D eigenvalue weighted by molar-refractivity contribution is 7.15. The van der Waals surface area contributed by atoms with Gasteiger partial charge in [-0.05, 0) is 25.1 Å². The molecule has 0 aliphatic heterocycles. The number of hydrogen-bond acceptors (Lipinski definition) is 7. The van der Waals surface area contributed by atoms with Gasteiger partial charge in [0.1, 0.15) is 10.8 Å². The van der Waals surface area contributed by atoms with Crippen LogP contribution in [0.3, 0.4) is 0 Å². The third-order valence-electron chi connectivity index (χ3n) is 2.82. The number of methoxy groups -OCH3 is 1. The van der Waals surface area contributed by atoms with Gasteiger partial charge in [-0.3, -0.25) is 15.3 Å². The summed E-state index contributed by atoms with van der Waals surface area (Å²) in [6.07, 6.45) is 0.518. The molecule has 1 heterocycles. The van der Waals surface area contributed by atoms with Crippen LogP contribution < -0.4 is 4.74 Å². The summed E-state index contributed by atoms with van der Waals surface area (Å²) in [6.45, 7) is 2.03. The van der Waals surface area contributed by atoms with E-state index in [-0.39, 0.29) is 12.0 Å². The second-order valence-electron chi connectivity index (χ2n) is 4.21. The topological polar surface area (TPSA) is 75.1 Å². The van der Waals surface area contributed by atoms with Gasteiger partial charge in [-0.25, -0.2) is 4.98 Å². The number of halogens is 1. The number of ether oxygens (including phenoxy) is 1. The molecule has 0 amide bonds. The average Bonchev–Trinajstić information content (AvgIpc) is 2.80. The highest BCUT2D eigenvalue weighted by atomic mass is 35.5. The van der Waals surface area contributed by atoms with Gasteiger partial charge in [0, 0.05) is 16.3 Å². The third kappa shape index (κ3) is 4.13. The van der Waals surface area contributed by atoms with Crippen LogP contribution in [0.4, 0.5) is 0 Å². The van der Waals surface area contributed by atoms with Gasteiger partial charge in [0.2, 0.25) is 0 Å². The molecule has 6 nitrogen and oxygen atoms in total. The minimum Gasteiger partial charge on any atom is -0.496 e. The quantitative estimate of drug-likeness (QED) is 0.791. The van der Waals surface area contributed by atoms with E-state index in [2.05, 4.69) is 9.82 Å². The van der Waals surface area contributed by atoms with Crippen LogP contribution in [0, 0.1) is 6.92 Å². The third-order valence-corrected chi connectivity index (χ3v) is 4.31. The van der Waals surface area contributed by atoms with Crippen molar-refractivity contribution in [2.45, 2.75) is 13.3 Å². The maximum Gasteiger partial charge on any atom is 0.129 e. The van der Waals surface area contributed by atoms with Gasteiger partial charge in [-0.1, -0.05) is 11.6 Å². The van der Waals surface area contributed by atoms with Crippen LogP contribution in [-0.4, -0.2) is 34.5 Å². The first kappa shape index (κ1) is 16.2. The summed E-state index contributed by atoms with van der Waals surface area (Å²) in [5, 5.41) is 18.1. The van der Waals surface area contributed by atoms with Gasteiger partial charge < -0.3 is 4.74 Å². The fourth-order valence-electron chi connectivity index (χ4n) is 1.84. The predicted octanol–water partition coefficient (Wildman–Crippen LogP) is 3.34. The van der Waals surface area contributed by atoms with E-state index in [0.29, 0.717) is 17.2 Å². The van der Waals surface area contributed by atoms with Crippen molar-refractivity contribution in [3.05, 3.63) is 33.8 Å². The van der Waals surface area contributed by atoms with Crippen molar-refractivity contribution in [2.24, 2.45) is 0 Å². The largest absolute Gasteiger partial charge is 0.496 e. The molecule has 2 aromatic rings. The van der Waals surface area contributed by atoms with Crippen LogP contribution in [0.5, 0.6) is 5.75 Å². The van der Waals surface area contributed by atoms with E-state index in [1.54, 1.807) is 19.2 Å². The molecule has 2 N–H and O–H groups in total. The maximum absolute atomic E-state index is 8.50. The van der Waals surface area contributed by atoms with Crippen molar-refractivity contribution in [1.82, 2.24) is 10.4 Å². The van der Waals surface area contributed by atoms with Crippen molar-refractivity contribution in [1.29, 1.82) is 0 Å². The SMILES string of the molecule is COc1ccc(Cl)cc1-c1nc(C)c(CCON(O)O)s1. The van der Waals surface area contributed by atoms with E-state index in [4.69, 9.17) is 26.8 Å². The molecule has 0 spiro atoms.